The minimum absolute atomic E-state index is 0.723. The van der Waals surface area contributed by atoms with Crippen LogP contribution in [0.1, 0.15) is 17.8 Å². The number of aromatic nitrogens is 2. The van der Waals surface area contributed by atoms with Crippen LogP contribution >= 0.6 is 0 Å². The van der Waals surface area contributed by atoms with Gasteiger partial charge in [0.2, 0.25) is 0 Å². The zero-order valence-corrected chi connectivity index (χ0v) is 6.71. The van der Waals surface area contributed by atoms with Gasteiger partial charge in [0.15, 0.2) is 0 Å². The van der Waals surface area contributed by atoms with Crippen LogP contribution in [0, 0.1) is 6.92 Å². The molecule has 2 rings (SSSR count). The lowest BCUT2D eigenvalue weighted by molar-refractivity contribution is 0.125. The van der Waals surface area contributed by atoms with Gasteiger partial charge in [0.25, 0.3) is 0 Å². The summed E-state index contributed by atoms with van der Waals surface area (Å²) in [5.74, 6) is 0. The van der Waals surface area contributed by atoms with Gasteiger partial charge in [0, 0.05) is 13.2 Å². The summed E-state index contributed by atoms with van der Waals surface area (Å²) in [5, 5.41) is 4.35. The van der Waals surface area contributed by atoms with Crippen molar-refractivity contribution in [1.29, 1.82) is 0 Å². The Morgan fingerprint density at radius 3 is 3.45 bits per heavy atom. The standard InChI is InChI=1S/C8H12N2O/c1-7-5-8-6-11-4-2-3-10(8)9-7/h5H,2-4,6H2,1H3. The van der Waals surface area contributed by atoms with Gasteiger partial charge >= 0.3 is 0 Å². The topological polar surface area (TPSA) is 27.1 Å². The zero-order chi connectivity index (χ0) is 7.68. The Labute approximate surface area is 66.0 Å². The lowest BCUT2D eigenvalue weighted by atomic mass is 10.4. The minimum atomic E-state index is 0.723. The first-order valence-corrected chi connectivity index (χ1v) is 3.97. The first kappa shape index (κ1) is 6.85. The Morgan fingerprint density at radius 2 is 2.55 bits per heavy atom. The van der Waals surface area contributed by atoms with Crippen molar-refractivity contribution >= 4 is 0 Å². The second-order valence-corrected chi connectivity index (χ2v) is 2.91. The monoisotopic (exact) mass is 152 g/mol. The maximum Gasteiger partial charge on any atom is 0.0884 e. The molecule has 0 saturated heterocycles. The molecule has 1 aliphatic rings. The number of hydrogen-bond acceptors (Lipinski definition) is 2. The van der Waals surface area contributed by atoms with E-state index in [1.807, 2.05) is 11.6 Å². The maximum absolute atomic E-state index is 5.37. The number of aryl methyl sites for hydroxylation is 2. The smallest absolute Gasteiger partial charge is 0.0884 e. The van der Waals surface area contributed by atoms with Crippen LogP contribution in [0.25, 0.3) is 0 Å². The molecule has 0 spiro atoms. The molecule has 1 aliphatic heterocycles. The average Bonchev–Trinajstić information content (AvgIpc) is 2.17. The fraction of sp³-hybridized carbons (Fsp3) is 0.625. The molecule has 0 atom stereocenters. The molecular weight excluding hydrogens is 140 g/mol. The molecule has 0 amide bonds. The summed E-state index contributed by atoms with van der Waals surface area (Å²) >= 11 is 0. The summed E-state index contributed by atoms with van der Waals surface area (Å²) in [7, 11) is 0. The van der Waals surface area contributed by atoms with Crippen LogP contribution in [0.5, 0.6) is 0 Å². The van der Waals surface area contributed by atoms with Gasteiger partial charge in [0.05, 0.1) is 18.0 Å². The van der Waals surface area contributed by atoms with Gasteiger partial charge in [-0.05, 0) is 19.4 Å². The molecule has 3 heteroatoms. The fourth-order valence-electron chi connectivity index (χ4n) is 1.40. The van der Waals surface area contributed by atoms with E-state index in [1.54, 1.807) is 0 Å². The van der Waals surface area contributed by atoms with Crippen LogP contribution in [0.3, 0.4) is 0 Å². The molecule has 3 nitrogen and oxygen atoms in total. The van der Waals surface area contributed by atoms with E-state index in [0.29, 0.717) is 0 Å². The number of fused-ring (bicyclic) bond motifs is 1. The van der Waals surface area contributed by atoms with Crippen molar-refractivity contribution < 1.29 is 4.74 Å². The number of nitrogens with zero attached hydrogens (tertiary/aromatic N) is 2. The van der Waals surface area contributed by atoms with Crippen molar-refractivity contribution in [2.75, 3.05) is 6.61 Å². The molecule has 2 heterocycles. The normalized spacial score (nSPS) is 17.5. The van der Waals surface area contributed by atoms with Crippen molar-refractivity contribution in [3.05, 3.63) is 17.5 Å². The fourth-order valence-corrected chi connectivity index (χ4v) is 1.40. The van der Waals surface area contributed by atoms with Crippen LogP contribution in [-0.4, -0.2) is 16.4 Å². The van der Waals surface area contributed by atoms with Crippen molar-refractivity contribution in [3.63, 3.8) is 0 Å². The lowest BCUT2D eigenvalue weighted by Crippen LogP contribution is -2.01. The summed E-state index contributed by atoms with van der Waals surface area (Å²) in [6, 6.07) is 2.09. The van der Waals surface area contributed by atoms with Crippen molar-refractivity contribution in [1.82, 2.24) is 9.78 Å². The second-order valence-electron chi connectivity index (χ2n) is 2.91. The van der Waals surface area contributed by atoms with Crippen LogP contribution in [-0.2, 0) is 17.9 Å². The molecule has 0 bridgehead atoms. The van der Waals surface area contributed by atoms with E-state index in [4.69, 9.17) is 4.74 Å². The van der Waals surface area contributed by atoms with Crippen molar-refractivity contribution in [3.8, 4) is 0 Å². The van der Waals surface area contributed by atoms with Gasteiger partial charge in [-0.3, -0.25) is 4.68 Å². The highest BCUT2D eigenvalue weighted by Gasteiger charge is 2.08. The third-order valence-electron chi connectivity index (χ3n) is 1.89. The Balaban J connectivity index is 2.32. The van der Waals surface area contributed by atoms with E-state index in [0.717, 1.165) is 31.9 Å². The Hall–Kier alpha value is -0.830. The van der Waals surface area contributed by atoms with Gasteiger partial charge in [-0.2, -0.15) is 5.10 Å². The molecule has 0 saturated carbocycles. The summed E-state index contributed by atoms with van der Waals surface area (Å²) in [6.45, 7) is 4.61. The third kappa shape index (κ3) is 1.28. The van der Waals surface area contributed by atoms with Gasteiger partial charge in [0.1, 0.15) is 0 Å². The minimum Gasteiger partial charge on any atom is -0.375 e. The highest BCUT2D eigenvalue weighted by atomic mass is 16.5. The summed E-state index contributed by atoms with van der Waals surface area (Å²) in [4.78, 5) is 0. The van der Waals surface area contributed by atoms with Gasteiger partial charge in [-0.1, -0.05) is 0 Å². The highest BCUT2D eigenvalue weighted by Crippen LogP contribution is 2.09. The second kappa shape index (κ2) is 2.66. The molecular formula is C8H12N2O. The molecule has 1 aromatic rings. The summed E-state index contributed by atoms with van der Waals surface area (Å²) < 4.78 is 7.42. The lowest BCUT2D eigenvalue weighted by Gasteiger charge is -1.97. The molecule has 0 unspecified atom stereocenters. The first-order valence-electron chi connectivity index (χ1n) is 3.97. The molecule has 0 aliphatic carbocycles. The predicted molar refractivity (Wildman–Crippen MR) is 41.2 cm³/mol. The van der Waals surface area contributed by atoms with Gasteiger partial charge in [-0.25, -0.2) is 0 Å². The third-order valence-corrected chi connectivity index (χ3v) is 1.89. The first-order chi connectivity index (χ1) is 5.36. The zero-order valence-electron chi connectivity index (χ0n) is 6.71. The van der Waals surface area contributed by atoms with E-state index >= 15 is 0 Å². The summed E-state index contributed by atoms with van der Waals surface area (Å²) in [6.07, 6.45) is 1.08. The van der Waals surface area contributed by atoms with Crippen molar-refractivity contribution in [2.24, 2.45) is 0 Å². The van der Waals surface area contributed by atoms with Crippen molar-refractivity contribution in [2.45, 2.75) is 26.5 Å². The van der Waals surface area contributed by atoms with E-state index in [2.05, 4.69) is 11.2 Å². The Bertz CT molecular complexity index is 231. The van der Waals surface area contributed by atoms with Gasteiger partial charge < -0.3 is 4.74 Å². The summed E-state index contributed by atoms with van der Waals surface area (Å²) in [5.41, 5.74) is 2.30. The van der Waals surface area contributed by atoms with E-state index < -0.39 is 0 Å². The Kier molecular flexibility index (Phi) is 1.66. The van der Waals surface area contributed by atoms with E-state index in [1.165, 1.54) is 5.69 Å². The maximum atomic E-state index is 5.37. The number of hydrogen-bond donors (Lipinski definition) is 0. The SMILES string of the molecule is Cc1cc2n(n1)CCCOC2. The molecule has 11 heavy (non-hydrogen) atoms. The largest absolute Gasteiger partial charge is 0.375 e. The highest BCUT2D eigenvalue weighted by molar-refractivity contribution is 5.08. The van der Waals surface area contributed by atoms with Crippen LogP contribution < -0.4 is 0 Å². The molecule has 0 aromatic carbocycles. The Morgan fingerprint density at radius 1 is 1.64 bits per heavy atom. The quantitative estimate of drug-likeness (QED) is 0.557. The van der Waals surface area contributed by atoms with E-state index in [9.17, 15) is 0 Å². The molecule has 0 N–H and O–H groups in total. The molecule has 1 aromatic heterocycles. The van der Waals surface area contributed by atoms with Crippen LogP contribution in [0.4, 0.5) is 0 Å². The number of rotatable bonds is 0. The molecule has 0 fully saturated rings. The average molecular weight is 152 g/mol. The van der Waals surface area contributed by atoms with Gasteiger partial charge in [-0.15, -0.1) is 0 Å². The number of ether oxygens (including phenoxy) is 1. The van der Waals surface area contributed by atoms with Crippen LogP contribution in [0.15, 0.2) is 6.07 Å². The molecule has 60 valence electrons. The molecule has 0 radical (unpaired) electrons. The van der Waals surface area contributed by atoms with E-state index in [-0.39, 0.29) is 0 Å². The van der Waals surface area contributed by atoms with Crippen LogP contribution in [0.2, 0.25) is 0 Å². The predicted octanol–water partition coefficient (Wildman–Crippen LogP) is 1.11.